The molecule has 2 N–H and O–H groups in total. The van der Waals surface area contributed by atoms with Crippen molar-refractivity contribution in [3.63, 3.8) is 0 Å². The Labute approximate surface area is 166 Å². The fourth-order valence-electron chi connectivity index (χ4n) is 4.32. The zero-order chi connectivity index (χ0) is 20.3. The van der Waals surface area contributed by atoms with Gasteiger partial charge in [0.25, 0.3) is 5.91 Å². The number of nitrogens with one attached hydrogen (secondary N) is 2. The van der Waals surface area contributed by atoms with Crippen LogP contribution in [0.2, 0.25) is 0 Å². The van der Waals surface area contributed by atoms with E-state index in [1.165, 1.54) is 21.9 Å². The SMILES string of the molecule is C[C@H]1CCC[C@@]2(C1)OC[C@@H](C(=O)NCC[NH+](C)C)N2C(=O)c1ccccc1F. The van der Waals surface area contributed by atoms with Crippen LogP contribution in [0.4, 0.5) is 4.39 Å². The van der Waals surface area contributed by atoms with Crippen LogP contribution in [0.15, 0.2) is 24.3 Å². The van der Waals surface area contributed by atoms with Crippen molar-refractivity contribution in [1.82, 2.24) is 10.2 Å². The zero-order valence-electron chi connectivity index (χ0n) is 17.0. The average Bonchev–Trinajstić information content (AvgIpc) is 2.99. The maximum Gasteiger partial charge on any atom is 0.259 e. The number of quaternary nitrogens is 1. The van der Waals surface area contributed by atoms with Gasteiger partial charge < -0.3 is 15.0 Å². The van der Waals surface area contributed by atoms with Gasteiger partial charge in [-0.1, -0.05) is 25.5 Å². The number of amides is 2. The van der Waals surface area contributed by atoms with Gasteiger partial charge in [0.05, 0.1) is 39.4 Å². The van der Waals surface area contributed by atoms with Crippen LogP contribution in [0.3, 0.4) is 0 Å². The van der Waals surface area contributed by atoms with Gasteiger partial charge in [-0.2, -0.15) is 0 Å². The maximum absolute atomic E-state index is 14.4. The highest BCUT2D eigenvalue weighted by atomic mass is 19.1. The summed E-state index contributed by atoms with van der Waals surface area (Å²) in [4.78, 5) is 29.0. The lowest BCUT2D eigenvalue weighted by Gasteiger charge is -2.43. The number of likely N-dealkylation sites (N-methyl/N-ethyl adjacent to an activating group) is 1. The fraction of sp³-hybridized carbons (Fsp3) is 0.619. The molecule has 2 aliphatic rings. The molecule has 0 aromatic heterocycles. The monoisotopic (exact) mass is 392 g/mol. The average molecular weight is 392 g/mol. The van der Waals surface area contributed by atoms with Crippen LogP contribution >= 0.6 is 0 Å². The summed E-state index contributed by atoms with van der Waals surface area (Å²) in [6, 6.07) is 5.20. The molecule has 154 valence electrons. The molecule has 1 saturated carbocycles. The van der Waals surface area contributed by atoms with Gasteiger partial charge in [0.15, 0.2) is 0 Å². The highest BCUT2D eigenvalue weighted by Gasteiger charge is 2.54. The van der Waals surface area contributed by atoms with E-state index in [4.69, 9.17) is 4.74 Å². The van der Waals surface area contributed by atoms with Crippen molar-refractivity contribution in [2.24, 2.45) is 5.92 Å². The number of carbonyl (C=O) groups excluding carboxylic acids is 2. The van der Waals surface area contributed by atoms with Gasteiger partial charge in [-0.3, -0.25) is 14.5 Å². The summed E-state index contributed by atoms with van der Waals surface area (Å²) in [6.45, 7) is 3.57. The molecule has 0 unspecified atom stereocenters. The van der Waals surface area contributed by atoms with Crippen molar-refractivity contribution in [3.05, 3.63) is 35.6 Å². The van der Waals surface area contributed by atoms with Crippen molar-refractivity contribution in [3.8, 4) is 0 Å². The molecule has 0 bridgehead atoms. The van der Waals surface area contributed by atoms with Crippen molar-refractivity contribution in [2.75, 3.05) is 33.8 Å². The molecule has 1 spiro atoms. The lowest BCUT2D eigenvalue weighted by molar-refractivity contribution is -0.856. The van der Waals surface area contributed by atoms with Crippen molar-refractivity contribution < 1.29 is 23.6 Å². The lowest BCUT2D eigenvalue weighted by atomic mass is 9.83. The van der Waals surface area contributed by atoms with Crippen molar-refractivity contribution in [2.45, 2.75) is 44.4 Å². The van der Waals surface area contributed by atoms with Gasteiger partial charge in [-0.25, -0.2) is 4.39 Å². The second-order valence-corrected chi connectivity index (χ2v) is 8.38. The molecule has 3 atom stereocenters. The molecule has 6 nitrogen and oxygen atoms in total. The van der Waals surface area contributed by atoms with E-state index >= 15 is 0 Å². The Morgan fingerprint density at radius 1 is 1.36 bits per heavy atom. The maximum atomic E-state index is 14.4. The fourth-order valence-corrected chi connectivity index (χ4v) is 4.32. The molecule has 28 heavy (non-hydrogen) atoms. The molecular weight excluding hydrogens is 361 g/mol. The molecular formula is C21H31FN3O3+. The van der Waals surface area contributed by atoms with Gasteiger partial charge in [-0.15, -0.1) is 0 Å². The van der Waals surface area contributed by atoms with Crippen LogP contribution < -0.4 is 10.2 Å². The van der Waals surface area contributed by atoms with E-state index in [2.05, 4.69) is 12.2 Å². The first-order chi connectivity index (χ1) is 13.3. The normalized spacial score (nSPS) is 27.4. The smallest absolute Gasteiger partial charge is 0.259 e. The minimum absolute atomic E-state index is 0.0128. The quantitative estimate of drug-likeness (QED) is 0.781. The Bertz CT molecular complexity index is 727. The van der Waals surface area contributed by atoms with E-state index in [1.807, 2.05) is 14.1 Å². The Balaban J connectivity index is 1.88. The van der Waals surface area contributed by atoms with Crippen molar-refractivity contribution in [1.29, 1.82) is 0 Å². The third kappa shape index (κ3) is 4.20. The minimum atomic E-state index is -0.828. The van der Waals surface area contributed by atoms with Crippen LogP contribution in [0, 0.1) is 11.7 Å². The number of carbonyl (C=O) groups is 2. The lowest BCUT2D eigenvalue weighted by Crippen LogP contribution is -3.06. The molecule has 1 heterocycles. The van der Waals surface area contributed by atoms with E-state index in [0.29, 0.717) is 25.3 Å². The molecule has 1 saturated heterocycles. The topological polar surface area (TPSA) is 63.1 Å². The van der Waals surface area contributed by atoms with Gasteiger partial charge in [0.2, 0.25) is 5.91 Å². The van der Waals surface area contributed by atoms with Gasteiger partial charge in [0.1, 0.15) is 17.6 Å². The van der Waals surface area contributed by atoms with Gasteiger partial charge >= 0.3 is 0 Å². The second-order valence-electron chi connectivity index (χ2n) is 8.38. The van der Waals surface area contributed by atoms with Gasteiger partial charge in [-0.05, 0) is 37.3 Å². The van der Waals surface area contributed by atoms with Crippen LogP contribution in [0.1, 0.15) is 43.0 Å². The standard InChI is InChI=1S/C21H30FN3O3/c1-15-7-6-10-21(13-15)25(20(27)16-8-4-5-9-17(16)22)18(14-28-21)19(26)23-11-12-24(2)3/h4-5,8-9,15,18H,6-7,10-14H2,1-3H3,(H,23,26)/p+1/t15-,18-,21-/m0/s1. The molecule has 1 aliphatic carbocycles. The first-order valence-electron chi connectivity index (χ1n) is 10.1. The van der Waals surface area contributed by atoms with Crippen LogP contribution in [0.25, 0.3) is 0 Å². The van der Waals surface area contributed by atoms with E-state index in [1.54, 1.807) is 12.1 Å². The van der Waals surface area contributed by atoms with Crippen LogP contribution in [-0.2, 0) is 9.53 Å². The Kier molecular flexibility index (Phi) is 6.35. The highest BCUT2D eigenvalue weighted by Crippen LogP contribution is 2.43. The minimum Gasteiger partial charge on any atom is -0.353 e. The molecule has 1 aromatic rings. The Morgan fingerprint density at radius 2 is 2.11 bits per heavy atom. The number of ether oxygens (including phenoxy) is 1. The van der Waals surface area contributed by atoms with Crippen molar-refractivity contribution >= 4 is 11.8 Å². The summed E-state index contributed by atoms with van der Waals surface area (Å²) in [5.41, 5.74) is -0.840. The largest absolute Gasteiger partial charge is 0.353 e. The van der Waals surface area contributed by atoms with Crippen LogP contribution in [0.5, 0.6) is 0 Å². The van der Waals surface area contributed by atoms with E-state index in [-0.39, 0.29) is 18.1 Å². The number of hydrogen-bond donors (Lipinski definition) is 2. The highest BCUT2D eigenvalue weighted by molar-refractivity contribution is 5.98. The summed E-state index contributed by atoms with van der Waals surface area (Å²) in [7, 11) is 4.02. The zero-order valence-corrected chi connectivity index (χ0v) is 17.0. The first-order valence-corrected chi connectivity index (χ1v) is 10.1. The molecule has 1 aromatic carbocycles. The molecule has 2 fully saturated rings. The number of rotatable bonds is 5. The third-order valence-corrected chi connectivity index (χ3v) is 5.74. The number of nitrogens with zero attached hydrogens (tertiary/aromatic N) is 1. The Hall–Kier alpha value is -1.99. The number of halogens is 1. The predicted octanol–water partition coefficient (Wildman–Crippen LogP) is 0.834. The molecule has 0 radical (unpaired) electrons. The summed E-state index contributed by atoms with van der Waals surface area (Å²) in [6.07, 6.45) is 3.32. The van der Waals surface area contributed by atoms with Crippen LogP contribution in [-0.4, -0.2) is 62.3 Å². The molecule has 2 amide bonds. The predicted molar refractivity (Wildman–Crippen MR) is 103 cm³/mol. The van der Waals surface area contributed by atoms with E-state index < -0.39 is 23.5 Å². The molecule has 7 heteroatoms. The first kappa shape index (κ1) is 20.7. The summed E-state index contributed by atoms with van der Waals surface area (Å²) < 4.78 is 20.5. The summed E-state index contributed by atoms with van der Waals surface area (Å²) in [5, 5.41) is 2.91. The number of hydrogen-bond acceptors (Lipinski definition) is 3. The third-order valence-electron chi connectivity index (χ3n) is 5.74. The number of benzene rings is 1. The molecule has 3 rings (SSSR count). The summed E-state index contributed by atoms with van der Waals surface area (Å²) >= 11 is 0. The van der Waals surface area contributed by atoms with E-state index in [9.17, 15) is 14.0 Å². The molecule has 1 aliphatic heterocycles. The van der Waals surface area contributed by atoms with Gasteiger partial charge in [0, 0.05) is 0 Å². The second kappa shape index (κ2) is 8.57. The summed E-state index contributed by atoms with van der Waals surface area (Å²) in [5.74, 6) is -0.901. The Morgan fingerprint density at radius 3 is 2.79 bits per heavy atom. The van der Waals surface area contributed by atoms with E-state index in [0.717, 1.165) is 19.4 Å².